The Balaban J connectivity index is 1.51. The molecule has 0 bridgehead atoms. The van der Waals surface area contributed by atoms with Crippen LogP contribution in [-0.2, 0) is 33.6 Å². The molecule has 45 heavy (non-hydrogen) atoms. The number of rotatable bonds is 13. The zero-order valence-electron chi connectivity index (χ0n) is 28.6. The van der Waals surface area contributed by atoms with Gasteiger partial charge in [0.05, 0.1) is 24.0 Å². The van der Waals surface area contributed by atoms with Crippen LogP contribution in [0.3, 0.4) is 0 Å². The smallest absolute Gasteiger partial charge is 0.163 e. The second kappa shape index (κ2) is 14.4. The van der Waals surface area contributed by atoms with Crippen molar-refractivity contribution in [3.05, 3.63) is 106 Å². The summed E-state index contributed by atoms with van der Waals surface area (Å²) in [6.45, 7) is 16.7. The van der Waals surface area contributed by atoms with Crippen LogP contribution in [0.1, 0.15) is 92.6 Å². The highest BCUT2D eigenvalue weighted by Crippen LogP contribution is 2.41. The molecule has 0 N–H and O–H groups in total. The topological polar surface area (TPSA) is 60.4 Å². The predicted octanol–water partition coefficient (Wildman–Crippen LogP) is 8.77. The Hall–Kier alpha value is -3.37. The van der Waals surface area contributed by atoms with E-state index in [2.05, 4.69) is 57.2 Å². The molecule has 4 atom stereocenters. The van der Waals surface area contributed by atoms with Gasteiger partial charge in [-0.2, -0.15) is 0 Å². The van der Waals surface area contributed by atoms with E-state index >= 15 is 0 Å². The lowest BCUT2D eigenvalue weighted by molar-refractivity contribution is -0.135. The number of benzene rings is 3. The van der Waals surface area contributed by atoms with Crippen LogP contribution in [0.4, 0.5) is 0 Å². The van der Waals surface area contributed by atoms with E-state index in [0.717, 1.165) is 34.2 Å². The third kappa shape index (κ3) is 8.88. The van der Waals surface area contributed by atoms with Gasteiger partial charge in [-0.3, -0.25) is 14.4 Å². The monoisotopic (exact) mass is 608 g/mol. The molecule has 0 radical (unpaired) electrons. The first-order valence-electron chi connectivity index (χ1n) is 16.6. The molecule has 0 aliphatic carbocycles. The molecule has 0 saturated carbocycles. The lowest BCUT2D eigenvalue weighted by atomic mass is 9.71. The summed E-state index contributed by atoms with van der Waals surface area (Å²) in [6.07, 6.45) is 2.90. The van der Waals surface area contributed by atoms with Gasteiger partial charge >= 0.3 is 0 Å². The third-order valence-corrected chi connectivity index (χ3v) is 9.77. The highest BCUT2D eigenvalue weighted by Gasteiger charge is 2.51. The van der Waals surface area contributed by atoms with E-state index < -0.39 is 23.4 Å². The SMILES string of the molecule is Cc1cccc(C(=O)CC(Cc2ccccc2)C(C)C(=O)C2COC(C)(C)C2C(=O)CCc2ccc(CC(C)(C)C)cc2)c1C. The average Bonchev–Trinajstić information content (AvgIpc) is 3.31. The van der Waals surface area contributed by atoms with Crippen molar-refractivity contribution in [2.24, 2.45) is 29.1 Å². The van der Waals surface area contributed by atoms with Gasteiger partial charge in [0.25, 0.3) is 0 Å². The fourth-order valence-corrected chi connectivity index (χ4v) is 7.01. The number of carbonyl (C=O) groups is 3. The molecule has 0 aromatic heterocycles. The Morgan fingerprint density at radius 1 is 0.867 bits per heavy atom. The Labute approximate surface area is 271 Å². The van der Waals surface area contributed by atoms with Crippen LogP contribution >= 0.6 is 0 Å². The maximum atomic E-state index is 14.3. The molecular weight excluding hydrogens is 556 g/mol. The van der Waals surface area contributed by atoms with Crippen LogP contribution in [0.5, 0.6) is 0 Å². The quantitative estimate of drug-likeness (QED) is 0.182. The van der Waals surface area contributed by atoms with Crippen LogP contribution < -0.4 is 0 Å². The second-order valence-electron chi connectivity index (χ2n) is 15.0. The standard InChI is InChI=1S/C41H52O4/c1-27-13-12-16-34(28(27)2)37(43)24-33(23-31-14-10-9-11-15-31)29(3)39(44)35-26-45-41(7,8)38(35)36(42)22-21-30-17-19-32(20-18-30)25-40(4,5)6/h9-20,29,33,35,38H,21-26H2,1-8H3. The van der Waals surface area contributed by atoms with Gasteiger partial charge < -0.3 is 4.74 Å². The van der Waals surface area contributed by atoms with E-state index in [-0.39, 0.29) is 41.7 Å². The number of ketones is 3. The van der Waals surface area contributed by atoms with Crippen molar-refractivity contribution in [3.63, 3.8) is 0 Å². The van der Waals surface area contributed by atoms with E-state index in [4.69, 9.17) is 4.74 Å². The number of aryl methyl sites for hydroxylation is 2. The highest BCUT2D eigenvalue weighted by atomic mass is 16.5. The summed E-state index contributed by atoms with van der Waals surface area (Å²) in [5, 5.41) is 0. The Morgan fingerprint density at radius 3 is 2.16 bits per heavy atom. The molecule has 240 valence electrons. The molecule has 4 heteroatoms. The van der Waals surface area contributed by atoms with Gasteiger partial charge in [-0.1, -0.05) is 100 Å². The summed E-state index contributed by atoms with van der Waals surface area (Å²) < 4.78 is 6.14. The molecule has 3 aromatic carbocycles. The molecule has 4 nitrogen and oxygen atoms in total. The summed E-state index contributed by atoms with van der Waals surface area (Å²) in [5.74, 6) is -1.48. The number of hydrogen-bond donors (Lipinski definition) is 0. The molecule has 4 rings (SSSR count). The van der Waals surface area contributed by atoms with Crippen LogP contribution in [-0.4, -0.2) is 29.6 Å². The van der Waals surface area contributed by atoms with Gasteiger partial charge in [-0.15, -0.1) is 0 Å². The van der Waals surface area contributed by atoms with Gasteiger partial charge in [0.15, 0.2) is 5.78 Å². The predicted molar refractivity (Wildman–Crippen MR) is 183 cm³/mol. The molecule has 1 aliphatic rings. The zero-order chi connectivity index (χ0) is 32.9. The molecular formula is C41H52O4. The molecule has 0 amide bonds. The maximum Gasteiger partial charge on any atom is 0.163 e. The van der Waals surface area contributed by atoms with Crippen LogP contribution in [0, 0.1) is 42.9 Å². The Bertz CT molecular complexity index is 1480. The molecule has 1 fully saturated rings. The minimum Gasteiger partial charge on any atom is -0.374 e. The van der Waals surface area contributed by atoms with Crippen LogP contribution in [0.25, 0.3) is 0 Å². The van der Waals surface area contributed by atoms with E-state index in [1.807, 2.05) is 71.0 Å². The molecule has 0 spiro atoms. The lowest BCUT2D eigenvalue weighted by Gasteiger charge is -2.30. The number of hydrogen-bond acceptors (Lipinski definition) is 4. The van der Waals surface area contributed by atoms with Crippen molar-refractivity contribution in [3.8, 4) is 0 Å². The second-order valence-corrected chi connectivity index (χ2v) is 15.0. The molecule has 4 unspecified atom stereocenters. The summed E-state index contributed by atoms with van der Waals surface area (Å²) in [6, 6.07) is 24.4. The minimum atomic E-state index is -0.725. The van der Waals surface area contributed by atoms with Crippen molar-refractivity contribution in [1.29, 1.82) is 0 Å². The first-order valence-corrected chi connectivity index (χ1v) is 16.6. The zero-order valence-corrected chi connectivity index (χ0v) is 28.6. The van der Waals surface area contributed by atoms with Crippen LogP contribution in [0.2, 0.25) is 0 Å². The minimum absolute atomic E-state index is 0.0279. The maximum absolute atomic E-state index is 14.3. The first-order chi connectivity index (χ1) is 21.2. The number of carbonyl (C=O) groups excluding carboxylic acids is 3. The van der Waals surface area contributed by atoms with Gasteiger partial charge in [-0.05, 0) is 86.1 Å². The average molecular weight is 609 g/mol. The lowest BCUT2D eigenvalue weighted by Crippen LogP contribution is -2.41. The summed E-state index contributed by atoms with van der Waals surface area (Å²) in [7, 11) is 0. The van der Waals surface area contributed by atoms with E-state index in [1.165, 1.54) is 5.56 Å². The fourth-order valence-electron chi connectivity index (χ4n) is 7.01. The van der Waals surface area contributed by atoms with Crippen LogP contribution in [0.15, 0.2) is 72.8 Å². The molecule has 1 saturated heterocycles. The number of ether oxygens (including phenoxy) is 1. The van der Waals surface area contributed by atoms with E-state index in [1.54, 1.807) is 0 Å². The molecule has 1 aliphatic heterocycles. The van der Waals surface area contributed by atoms with Crippen molar-refractivity contribution < 1.29 is 19.1 Å². The van der Waals surface area contributed by atoms with E-state index in [0.29, 0.717) is 19.3 Å². The normalized spacial score (nSPS) is 19.2. The van der Waals surface area contributed by atoms with Crippen molar-refractivity contribution in [2.75, 3.05) is 6.61 Å². The third-order valence-electron chi connectivity index (χ3n) is 9.77. The van der Waals surface area contributed by atoms with Crippen molar-refractivity contribution >= 4 is 17.3 Å². The van der Waals surface area contributed by atoms with Gasteiger partial charge in [-0.25, -0.2) is 0 Å². The van der Waals surface area contributed by atoms with Gasteiger partial charge in [0, 0.05) is 24.3 Å². The first kappa shape index (κ1) is 34.5. The summed E-state index contributed by atoms with van der Waals surface area (Å²) >= 11 is 0. The number of Topliss-reactive ketones (excluding diaryl/α,β-unsaturated/α-hetero) is 3. The summed E-state index contributed by atoms with van der Waals surface area (Å²) in [4.78, 5) is 41.8. The van der Waals surface area contributed by atoms with E-state index in [9.17, 15) is 14.4 Å². The highest BCUT2D eigenvalue weighted by molar-refractivity contribution is 5.98. The van der Waals surface area contributed by atoms with Gasteiger partial charge in [0.1, 0.15) is 11.6 Å². The Morgan fingerprint density at radius 2 is 1.51 bits per heavy atom. The molecule has 1 heterocycles. The molecule has 3 aromatic rings. The van der Waals surface area contributed by atoms with Gasteiger partial charge in [0.2, 0.25) is 0 Å². The Kier molecular flexibility index (Phi) is 11.0. The largest absolute Gasteiger partial charge is 0.374 e. The van der Waals surface area contributed by atoms with Crippen molar-refractivity contribution in [1.82, 2.24) is 0 Å². The van der Waals surface area contributed by atoms with Crippen molar-refractivity contribution in [2.45, 2.75) is 93.1 Å². The summed E-state index contributed by atoms with van der Waals surface area (Å²) in [5.41, 5.74) is 5.80. The fraction of sp³-hybridized carbons (Fsp3) is 0.488.